The summed E-state index contributed by atoms with van der Waals surface area (Å²) in [5.74, 6) is 1.32. The van der Waals surface area contributed by atoms with E-state index < -0.39 is 0 Å². The van der Waals surface area contributed by atoms with Gasteiger partial charge in [-0.2, -0.15) is 0 Å². The van der Waals surface area contributed by atoms with Crippen LogP contribution in [-0.2, 0) is 11.3 Å². The first-order valence-electron chi connectivity index (χ1n) is 9.46. The molecule has 1 aliphatic rings. The number of hydrogen-bond acceptors (Lipinski definition) is 3. The van der Waals surface area contributed by atoms with E-state index in [0.29, 0.717) is 13.1 Å². The number of pyridine rings is 1. The van der Waals surface area contributed by atoms with Crippen molar-refractivity contribution in [2.45, 2.75) is 38.6 Å². The van der Waals surface area contributed by atoms with Crippen LogP contribution in [0.2, 0.25) is 0 Å². The summed E-state index contributed by atoms with van der Waals surface area (Å²) in [7, 11) is 0. The smallest absolute Gasteiger partial charge is 0.223 e. The Morgan fingerprint density at radius 1 is 1.08 bits per heavy atom. The molecule has 0 spiro atoms. The summed E-state index contributed by atoms with van der Waals surface area (Å²) in [5.41, 5.74) is 3.10. The first-order chi connectivity index (χ1) is 12.8. The Kier molecular flexibility index (Phi) is 4.95. The summed E-state index contributed by atoms with van der Waals surface area (Å²) < 4.78 is 2.19. The van der Waals surface area contributed by atoms with Crippen LogP contribution >= 0.6 is 0 Å². The van der Waals surface area contributed by atoms with Crippen LogP contribution in [0.5, 0.6) is 0 Å². The molecule has 1 amide bonds. The van der Waals surface area contributed by atoms with Crippen molar-refractivity contribution in [1.82, 2.24) is 19.9 Å². The summed E-state index contributed by atoms with van der Waals surface area (Å²) in [4.78, 5) is 21.3. The van der Waals surface area contributed by atoms with Crippen molar-refractivity contribution in [3.63, 3.8) is 0 Å². The molecule has 0 radical (unpaired) electrons. The summed E-state index contributed by atoms with van der Waals surface area (Å²) in [6.07, 6.45) is 9.24. The average Bonchev–Trinajstić information content (AvgIpc) is 3.08. The minimum atomic E-state index is 0.197. The van der Waals surface area contributed by atoms with Gasteiger partial charge in [0.25, 0.3) is 0 Å². The molecule has 1 N–H and O–H groups in total. The van der Waals surface area contributed by atoms with Gasteiger partial charge in [-0.15, -0.1) is 0 Å². The van der Waals surface area contributed by atoms with Gasteiger partial charge in [0, 0.05) is 37.0 Å². The zero-order chi connectivity index (χ0) is 17.8. The number of nitrogens with zero attached hydrogens (tertiary/aromatic N) is 3. The Morgan fingerprint density at radius 2 is 1.85 bits per heavy atom. The lowest BCUT2D eigenvalue weighted by Gasteiger charge is -2.21. The van der Waals surface area contributed by atoms with Crippen molar-refractivity contribution in [2.24, 2.45) is 5.92 Å². The number of aromatic nitrogens is 3. The molecule has 1 fully saturated rings. The lowest BCUT2D eigenvalue weighted by Crippen LogP contribution is -2.34. The van der Waals surface area contributed by atoms with Gasteiger partial charge in [0.2, 0.25) is 5.91 Å². The normalized spacial score (nSPS) is 15.2. The SMILES string of the molecule is O=C(NCCn1c(-c2ccncc2)nc2ccccc21)C1CCCCC1. The second-order valence-corrected chi connectivity index (χ2v) is 6.94. The molecule has 0 atom stereocenters. The van der Waals surface area contributed by atoms with Crippen molar-refractivity contribution in [3.05, 3.63) is 48.8 Å². The number of carbonyl (C=O) groups excluding carboxylic acids is 1. The molecule has 0 aliphatic heterocycles. The predicted molar refractivity (Wildman–Crippen MR) is 103 cm³/mol. The summed E-state index contributed by atoms with van der Waals surface area (Å²) in [6, 6.07) is 12.1. The van der Waals surface area contributed by atoms with Crippen molar-refractivity contribution in [2.75, 3.05) is 6.54 Å². The highest BCUT2D eigenvalue weighted by atomic mass is 16.1. The minimum absolute atomic E-state index is 0.197. The number of nitrogens with one attached hydrogen (secondary N) is 1. The number of hydrogen-bond donors (Lipinski definition) is 1. The monoisotopic (exact) mass is 348 g/mol. The third-order valence-electron chi connectivity index (χ3n) is 5.20. The second-order valence-electron chi connectivity index (χ2n) is 6.94. The lowest BCUT2D eigenvalue weighted by atomic mass is 9.89. The van der Waals surface area contributed by atoms with Gasteiger partial charge < -0.3 is 9.88 Å². The van der Waals surface area contributed by atoms with Gasteiger partial charge in [-0.25, -0.2) is 4.98 Å². The fraction of sp³-hybridized carbons (Fsp3) is 0.381. The maximum absolute atomic E-state index is 12.4. The first kappa shape index (κ1) is 16.8. The van der Waals surface area contributed by atoms with E-state index in [9.17, 15) is 4.79 Å². The highest BCUT2D eigenvalue weighted by Crippen LogP contribution is 2.25. The standard InChI is InChI=1S/C21H24N4O/c26-21(17-6-2-1-3-7-17)23-14-15-25-19-9-5-4-8-18(19)24-20(25)16-10-12-22-13-11-16/h4-5,8-13,17H,1-3,6-7,14-15H2,(H,23,26). The van der Waals surface area contributed by atoms with Crippen LogP contribution in [0, 0.1) is 5.92 Å². The molecular weight excluding hydrogens is 324 g/mol. The number of imidazole rings is 1. The Bertz CT molecular complexity index is 881. The van der Waals surface area contributed by atoms with Crippen molar-refractivity contribution in [3.8, 4) is 11.4 Å². The topological polar surface area (TPSA) is 59.8 Å². The zero-order valence-electron chi connectivity index (χ0n) is 14.9. The number of amides is 1. The summed E-state index contributed by atoms with van der Waals surface area (Å²) in [5, 5.41) is 3.13. The molecule has 134 valence electrons. The quantitative estimate of drug-likeness (QED) is 0.763. The van der Waals surface area contributed by atoms with Gasteiger partial charge in [0.05, 0.1) is 11.0 Å². The highest BCUT2D eigenvalue weighted by Gasteiger charge is 2.20. The predicted octanol–water partition coefficient (Wildman–Crippen LogP) is 3.79. The molecule has 0 unspecified atom stereocenters. The van der Waals surface area contributed by atoms with E-state index >= 15 is 0 Å². The fourth-order valence-electron chi connectivity index (χ4n) is 3.82. The molecular formula is C21H24N4O. The molecule has 0 bridgehead atoms. The largest absolute Gasteiger partial charge is 0.354 e. The molecule has 0 saturated heterocycles. The van der Waals surface area contributed by atoms with Crippen LogP contribution in [0.3, 0.4) is 0 Å². The lowest BCUT2D eigenvalue weighted by molar-refractivity contribution is -0.125. The van der Waals surface area contributed by atoms with E-state index in [0.717, 1.165) is 35.3 Å². The molecule has 1 saturated carbocycles. The Morgan fingerprint density at radius 3 is 2.65 bits per heavy atom. The minimum Gasteiger partial charge on any atom is -0.354 e. The first-order valence-corrected chi connectivity index (χ1v) is 9.46. The Balaban J connectivity index is 1.52. The van der Waals surface area contributed by atoms with Gasteiger partial charge >= 0.3 is 0 Å². The van der Waals surface area contributed by atoms with Gasteiger partial charge in [0.15, 0.2) is 0 Å². The van der Waals surface area contributed by atoms with E-state index in [1.165, 1.54) is 19.3 Å². The van der Waals surface area contributed by atoms with E-state index in [1.54, 1.807) is 12.4 Å². The van der Waals surface area contributed by atoms with Gasteiger partial charge in [-0.1, -0.05) is 31.4 Å². The van der Waals surface area contributed by atoms with Crippen LogP contribution in [0.1, 0.15) is 32.1 Å². The van der Waals surface area contributed by atoms with Crippen LogP contribution < -0.4 is 5.32 Å². The average molecular weight is 348 g/mol. The van der Waals surface area contributed by atoms with Crippen LogP contribution in [0.15, 0.2) is 48.8 Å². The Labute approximate surface area is 153 Å². The van der Waals surface area contributed by atoms with E-state index in [1.807, 2.05) is 30.3 Å². The molecule has 3 aromatic rings. The van der Waals surface area contributed by atoms with Crippen molar-refractivity contribution >= 4 is 16.9 Å². The number of rotatable bonds is 5. The van der Waals surface area contributed by atoms with Gasteiger partial charge in [-0.3, -0.25) is 9.78 Å². The zero-order valence-corrected chi connectivity index (χ0v) is 14.9. The van der Waals surface area contributed by atoms with Crippen LogP contribution in [0.25, 0.3) is 22.4 Å². The summed E-state index contributed by atoms with van der Waals surface area (Å²) >= 11 is 0. The molecule has 5 heteroatoms. The van der Waals surface area contributed by atoms with Gasteiger partial charge in [0.1, 0.15) is 5.82 Å². The number of carbonyl (C=O) groups is 1. The third kappa shape index (κ3) is 3.47. The maximum atomic E-state index is 12.4. The molecule has 5 nitrogen and oxygen atoms in total. The molecule has 2 heterocycles. The third-order valence-corrected chi connectivity index (χ3v) is 5.20. The molecule has 2 aromatic heterocycles. The number of benzene rings is 1. The second kappa shape index (κ2) is 7.68. The van der Waals surface area contributed by atoms with Crippen LogP contribution in [-0.4, -0.2) is 27.0 Å². The van der Waals surface area contributed by atoms with E-state index in [-0.39, 0.29) is 11.8 Å². The van der Waals surface area contributed by atoms with Gasteiger partial charge in [-0.05, 0) is 37.1 Å². The fourth-order valence-corrected chi connectivity index (χ4v) is 3.82. The molecule has 26 heavy (non-hydrogen) atoms. The number of fused-ring (bicyclic) bond motifs is 1. The Hall–Kier alpha value is -2.69. The van der Waals surface area contributed by atoms with Crippen molar-refractivity contribution < 1.29 is 4.79 Å². The van der Waals surface area contributed by atoms with E-state index in [4.69, 9.17) is 4.98 Å². The van der Waals surface area contributed by atoms with E-state index in [2.05, 4.69) is 20.9 Å². The van der Waals surface area contributed by atoms with Crippen molar-refractivity contribution in [1.29, 1.82) is 0 Å². The summed E-state index contributed by atoms with van der Waals surface area (Å²) in [6.45, 7) is 1.32. The number of para-hydroxylation sites is 2. The molecule has 1 aromatic carbocycles. The van der Waals surface area contributed by atoms with Crippen LogP contribution in [0.4, 0.5) is 0 Å². The highest BCUT2D eigenvalue weighted by molar-refractivity contribution is 5.81. The molecule has 1 aliphatic carbocycles. The maximum Gasteiger partial charge on any atom is 0.223 e. The molecule has 4 rings (SSSR count).